The fraction of sp³-hybridized carbons (Fsp3) is 0.467. The zero-order valence-electron chi connectivity index (χ0n) is 13.6. The number of ketones is 1. The second-order valence-corrected chi connectivity index (χ2v) is 5.70. The van der Waals surface area contributed by atoms with Crippen LogP contribution in [-0.4, -0.2) is 45.4 Å². The molecule has 1 amide bonds. The monoisotopic (exact) mass is 307 g/mol. The summed E-state index contributed by atoms with van der Waals surface area (Å²) >= 11 is 0. The van der Waals surface area contributed by atoms with Crippen molar-refractivity contribution in [3.05, 3.63) is 29.8 Å². The average molecular weight is 307 g/mol. The van der Waals surface area contributed by atoms with Crippen molar-refractivity contribution in [3.63, 3.8) is 0 Å². The maximum Gasteiger partial charge on any atom is 0.493 e. The molecule has 1 rings (SSSR count). The molecule has 0 bridgehead atoms. The van der Waals surface area contributed by atoms with Gasteiger partial charge in [0.1, 0.15) is 5.60 Å². The molecule has 120 valence electrons. The predicted octanol–water partition coefficient (Wildman–Crippen LogP) is 1.38. The summed E-state index contributed by atoms with van der Waals surface area (Å²) in [6.07, 6.45) is -0.615. The molecule has 0 aliphatic carbocycles. The van der Waals surface area contributed by atoms with Crippen LogP contribution in [0.1, 0.15) is 31.1 Å². The molecule has 0 atom stereocenters. The first-order valence-electron chi connectivity index (χ1n) is 6.92. The molecule has 0 saturated heterocycles. The van der Waals surface area contributed by atoms with Crippen molar-refractivity contribution < 1.29 is 23.6 Å². The highest BCUT2D eigenvalue weighted by Crippen LogP contribution is 2.06. The number of nitrogens with one attached hydrogen (secondary N) is 1. The summed E-state index contributed by atoms with van der Waals surface area (Å²) in [7, 11) is 2.61. The molecule has 0 aromatic heterocycles. The summed E-state index contributed by atoms with van der Waals surface area (Å²) in [6.45, 7) is 5.16. The Hall–Kier alpha value is -1.86. The largest absolute Gasteiger partial charge is 0.493 e. The molecule has 1 aromatic carbocycles. The second-order valence-electron chi connectivity index (χ2n) is 5.70. The van der Waals surface area contributed by atoms with Gasteiger partial charge >= 0.3 is 13.2 Å². The number of hydrogen-bond donors (Lipinski definition) is 1. The van der Waals surface area contributed by atoms with Gasteiger partial charge in [0.25, 0.3) is 0 Å². The lowest BCUT2D eigenvalue weighted by atomic mass is 9.78. The molecule has 0 unspecified atom stereocenters. The summed E-state index contributed by atoms with van der Waals surface area (Å²) < 4.78 is 15.3. The van der Waals surface area contributed by atoms with Crippen LogP contribution in [0.2, 0.25) is 0 Å². The molecule has 22 heavy (non-hydrogen) atoms. The Morgan fingerprint density at radius 3 is 2.09 bits per heavy atom. The molecule has 7 heteroatoms. The summed E-state index contributed by atoms with van der Waals surface area (Å²) in [5.74, 6) is -0.205. The number of hydrogen-bond acceptors (Lipinski definition) is 5. The molecule has 1 N–H and O–H groups in total. The molecule has 6 nitrogen and oxygen atoms in total. The number of carbonyl (C=O) groups is 2. The fourth-order valence-corrected chi connectivity index (χ4v) is 1.76. The average Bonchev–Trinajstić information content (AvgIpc) is 2.45. The molecule has 0 heterocycles. The van der Waals surface area contributed by atoms with Gasteiger partial charge in [0.05, 0.1) is 6.54 Å². The Morgan fingerprint density at radius 1 is 1.09 bits per heavy atom. The van der Waals surface area contributed by atoms with E-state index in [4.69, 9.17) is 14.0 Å². The van der Waals surface area contributed by atoms with Gasteiger partial charge < -0.3 is 19.4 Å². The zero-order valence-corrected chi connectivity index (χ0v) is 13.6. The van der Waals surface area contributed by atoms with Crippen LogP contribution < -0.4 is 10.8 Å². The molecule has 0 aliphatic rings. The molecule has 0 aliphatic heterocycles. The third kappa shape index (κ3) is 5.87. The van der Waals surface area contributed by atoms with Gasteiger partial charge in [-0.05, 0) is 26.2 Å². The van der Waals surface area contributed by atoms with Crippen molar-refractivity contribution in [1.82, 2.24) is 5.32 Å². The van der Waals surface area contributed by atoms with E-state index in [2.05, 4.69) is 5.32 Å². The zero-order chi connectivity index (χ0) is 16.8. The summed E-state index contributed by atoms with van der Waals surface area (Å²) in [5, 5.41) is 2.44. The smallest absolute Gasteiger partial charge is 0.444 e. The first-order valence-corrected chi connectivity index (χ1v) is 6.92. The van der Waals surface area contributed by atoms with Crippen molar-refractivity contribution >= 4 is 24.5 Å². The van der Waals surface area contributed by atoms with Crippen LogP contribution in [0.4, 0.5) is 4.79 Å². The van der Waals surface area contributed by atoms with Crippen LogP contribution >= 0.6 is 0 Å². The fourth-order valence-electron chi connectivity index (χ4n) is 1.76. The molecule has 0 fully saturated rings. The first-order chi connectivity index (χ1) is 10.3. The van der Waals surface area contributed by atoms with E-state index < -0.39 is 18.8 Å². The molecular weight excluding hydrogens is 285 g/mol. The Kier molecular flexibility index (Phi) is 6.58. The van der Waals surface area contributed by atoms with E-state index in [0.717, 1.165) is 5.46 Å². The molecule has 0 saturated carbocycles. The van der Waals surface area contributed by atoms with E-state index in [1.807, 2.05) is 0 Å². The van der Waals surface area contributed by atoms with E-state index in [1.165, 1.54) is 14.2 Å². The van der Waals surface area contributed by atoms with Crippen LogP contribution in [0, 0.1) is 0 Å². The molecule has 0 spiro atoms. The van der Waals surface area contributed by atoms with Gasteiger partial charge in [-0.15, -0.1) is 0 Å². The number of ether oxygens (including phenoxy) is 1. The highest BCUT2D eigenvalue weighted by atomic mass is 16.6. The normalized spacial score (nSPS) is 11.0. The summed E-state index contributed by atoms with van der Waals surface area (Å²) in [6, 6.07) is 6.83. The minimum absolute atomic E-state index is 0.119. The summed E-state index contributed by atoms with van der Waals surface area (Å²) in [4.78, 5) is 23.5. The Balaban J connectivity index is 2.58. The minimum atomic E-state index is -0.615. The van der Waals surface area contributed by atoms with E-state index in [9.17, 15) is 9.59 Å². The topological polar surface area (TPSA) is 73.9 Å². The van der Waals surface area contributed by atoms with E-state index in [0.29, 0.717) is 5.56 Å². The van der Waals surface area contributed by atoms with Crippen molar-refractivity contribution in [2.45, 2.75) is 26.4 Å². The molecule has 0 radical (unpaired) electrons. The van der Waals surface area contributed by atoms with Gasteiger partial charge in [-0.25, -0.2) is 4.79 Å². The standard InChI is InChI=1S/C15H22BNO5/c1-15(2,3)22-14(19)17-10-13(18)11-6-8-12(9-7-11)16(20-4)21-5/h6-9H,10H2,1-5H3,(H,17,19). The van der Waals surface area contributed by atoms with Gasteiger partial charge in [0, 0.05) is 19.8 Å². The highest BCUT2D eigenvalue weighted by molar-refractivity contribution is 6.61. The van der Waals surface area contributed by atoms with Gasteiger partial charge in [0.15, 0.2) is 5.78 Å². The molecular formula is C15H22BNO5. The van der Waals surface area contributed by atoms with Gasteiger partial charge in [-0.1, -0.05) is 24.3 Å². The quantitative estimate of drug-likeness (QED) is 0.635. The Bertz CT molecular complexity index is 506. The van der Waals surface area contributed by atoms with Crippen LogP contribution in [0.3, 0.4) is 0 Å². The number of alkyl carbamates (subject to hydrolysis) is 1. The van der Waals surface area contributed by atoms with Crippen molar-refractivity contribution in [1.29, 1.82) is 0 Å². The third-order valence-electron chi connectivity index (χ3n) is 2.73. The van der Waals surface area contributed by atoms with Crippen LogP contribution in [0.5, 0.6) is 0 Å². The van der Waals surface area contributed by atoms with Crippen molar-refractivity contribution in [2.75, 3.05) is 20.8 Å². The van der Waals surface area contributed by atoms with Crippen LogP contribution in [-0.2, 0) is 14.0 Å². The van der Waals surface area contributed by atoms with E-state index in [-0.39, 0.29) is 12.3 Å². The lowest BCUT2D eigenvalue weighted by molar-refractivity contribution is 0.0520. The van der Waals surface area contributed by atoms with Crippen molar-refractivity contribution in [2.24, 2.45) is 0 Å². The summed E-state index contributed by atoms with van der Waals surface area (Å²) in [5.41, 5.74) is 0.705. The van der Waals surface area contributed by atoms with E-state index >= 15 is 0 Å². The number of carbonyl (C=O) groups excluding carboxylic acids is 2. The molecule has 1 aromatic rings. The van der Waals surface area contributed by atoms with Gasteiger partial charge in [-0.3, -0.25) is 4.79 Å². The third-order valence-corrected chi connectivity index (χ3v) is 2.73. The second kappa shape index (κ2) is 7.96. The lowest BCUT2D eigenvalue weighted by Crippen LogP contribution is -2.36. The SMILES string of the molecule is COB(OC)c1ccc(C(=O)CNC(=O)OC(C)(C)C)cc1. The van der Waals surface area contributed by atoms with Crippen LogP contribution in [0.15, 0.2) is 24.3 Å². The Morgan fingerprint density at radius 2 is 1.64 bits per heavy atom. The maximum absolute atomic E-state index is 12.0. The number of benzene rings is 1. The van der Waals surface area contributed by atoms with Gasteiger partial charge in [0.2, 0.25) is 0 Å². The Labute approximate surface area is 131 Å². The van der Waals surface area contributed by atoms with E-state index in [1.54, 1.807) is 45.0 Å². The number of Topliss-reactive ketones (excluding diaryl/α,β-unsaturated/α-hetero) is 1. The maximum atomic E-state index is 12.0. The predicted molar refractivity (Wildman–Crippen MR) is 84.4 cm³/mol. The van der Waals surface area contributed by atoms with Crippen LogP contribution in [0.25, 0.3) is 0 Å². The highest BCUT2D eigenvalue weighted by Gasteiger charge is 2.19. The minimum Gasteiger partial charge on any atom is -0.444 e. The number of rotatable bonds is 6. The lowest BCUT2D eigenvalue weighted by Gasteiger charge is -2.19. The van der Waals surface area contributed by atoms with Gasteiger partial charge in [-0.2, -0.15) is 0 Å². The van der Waals surface area contributed by atoms with Crippen molar-refractivity contribution in [3.8, 4) is 0 Å². The first kappa shape index (κ1) is 18.2. The number of amides is 1.